The molecule has 0 spiro atoms. The van der Waals surface area contributed by atoms with Crippen molar-refractivity contribution in [2.45, 2.75) is 51.5 Å². The second-order valence-corrected chi connectivity index (χ2v) is 9.44. The number of benzene rings is 2. The van der Waals surface area contributed by atoms with E-state index in [-0.39, 0.29) is 25.0 Å². The van der Waals surface area contributed by atoms with E-state index in [4.69, 9.17) is 4.74 Å². The number of aliphatic carboxylic acids is 1. The summed E-state index contributed by atoms with van der Waals surface area (Å²) in [5.74, 6) is -1.25. The molecule has 0 bridgehead atoms. The number of alkyl carbamates (subject to hydrolysis) is 1. The maximum Gasteiger partial charge on any atom is 0.407 e. The van der Waals surface area contributed by atoms with Gasteiger partial charge in [-0.05, 0) is 54.9 Å². The molecule has 0 aromatic heterocycles. The number of nitrogens with one attached hydrogen (secondary N) is 1. The third kappa shape index (κ3) is 4.52. The number of hydrogen-bond acceptors (Lipinski definition) is 4. The molecule has 180 valence electrons. The largest absolute Gasteiger partial charge is 0.480 e. The van der Waals surface area contributed by atoms with Gasteiger partial charge in [-0.1, -0.05) is 55.5 Å². The first-order valence-electron chi connectivity index (χ1n) is 12.0. The van der Waals surface area contributed by atoms with Gasteiger partial charge >= 0.3 is 12.1 Å². The van der Waals surface area contributed by atoms with E-state index in [1.807, 2.05) is 31.2 Å². The molecule has 1 aliphatic heterocycles. The summed E-state index contributed by atoms with van der Waals surface area (Å²) in [6, 6.07) is 15.5. The molecule has 4 rings (SSSR count). The number of likely N-dealkylation sites (tertiary alicyclic amines) is 1. The predicted octanol–water partition coefficient (Wildman–Crippen LogP) is 4.41. The number of carbonyl (C=O) groups excluding carboxylic acids is 2. The second kappa shape index (κ2) is 9.87. The van der Waals surface area contributed by atoms with Gasteiger partial charge in [-0.15, -0.1) is 0 Å². The van der Waals surface area contributed by atoms with Crippen molar-refractivity contribution in [3.8, 4) is 11.1 Å². The number of amides is 2. The molecule has 2 aromatic rings. The molecule has 2 N–H and O–H groups in total. The van der Waals surface area contributed by atoms with Crippen molar-refractivity contribution in [3.05, 3.63) is 59.7 Å². The maximum absolute atomic E-state index is 13.3. The van der Waals surface area contributed by atoms with Crippen molar-refractivity contribution in [2.24, 2.45) is 5.41 Å². The number of nitrogens with zero attached hydrogens (tertiary/aromatic N) is 1. The van der Waals surface area contributed by atoms with Gasteiger partial charge in [-0.3, -0.25) is 4.79 Å². The van der Waals surface area contributed by atoms with Crippen LogP contribution in [0.2, 0.25) is 0 Å². The molecule has 0 radical (unpaired) electrons. The van der Waals surface area contributed by atoms with Gasteiger partial charge < -0.3 is 20.1 Å². The normalized spacial score (nSPS) is 19.0. The summed E-state index contributed by atoms with van der Waals surface area (Å²) >= 11 is 0. The summed E-state index contributed by atoms with van der Waals surface area (Å²) in [6.45, 7) is 4.35. The Morgan fingerprint density at radius 3 is 2.26 bits per heavy atom. The lowest BCUT2D eigenvalue weighted by atomic mass is 9.84. The Kier molecular flexibility index (Phi) is 6.91. The van der Waals surface area contributed by atoms with Gasteiger partial charge in [0.2, 0.25) is 5.91 Å². The zero-order chi connectivity index (χ0) is 24.3. The molecule has 2 aliphatic rings. The molecule has 7 heteroatoms. The van der Waals surface area contributed by atoms with Crippen molar-refractivity contribution >= 4 is 18.0 Å². The molecule has 34 heavy (non-hydrogen) atoms. The van der Waals surface area contributed by atoms with Gasteiger partial charge in [-0.2, -0.15) is 0 Å². The smallest absolute Gasteiger partial charge is 0.407 e. The topological polar surface area (TPSA) is 95.9 Å². The minimum atomic E-state index is -0.976. The molecule has 1 heterocycles. The highest BCUT2D eigenvalue weighted by Gasteiger charge is 2.41. The fraction of sp³-hybridized carbons (Fsp3) is 0.444. The number of piperidine rings is 1. The molecule has 1 unspecified atom stereocenters. The maximum atomic E-state index is 13.3. The molecule has 2 aromatic carbocycles. The molecule has 2 atom stereocenters. The molecule has 7 nitrogen and oxygen atoms in total. The van der Waals surface area contributed by atoms with Gasteiger partial charge in [0.1, 0.15) is 12.6 Å². The summed E-state index contributed by atoms with van der Waals surface area (Å²) < 4.78 is 5.60. The lowest BCUT2D eigenvalue weighted by Gasteiger charge is -2.39. The molecule has 2 amide bonds. The summed E-state index contributed by atoms with van der Waals surface area (Å²) in [5.41, 5.74) is 3.68. The third-order valence-corrected chi connectivity index (χ3v) is 7.31. The van der Waals surface area contributed by atoms with E-state index in [0.717, 1.165) is 35.1 Å². The Hall–Kier alpha value is -3.35. The van der Waals surface area contributed by atoms with Crippen molar-refractivity contribution in [3.63, 3.8) is 0 Å². The molecule has 0 saturated carbocycles. The highest BCUT2D eigenvalue weighted by molar-refractivity contribution is 5.88. The minimum Gasteiger partial charge on any atom is -0.480 e. The molecule has 1 fully saturated rings. The zero-order valence-corrected chi connectivity index (χ0v) is 19.8. The van der Waals surface area contributed by atoms with Crippen molar-refractivity contribution in [2.75, 3.05) is 19.7 Å². The van der Waals surface area contributed by atoms with E-state index in [1.54, 1.807) is 6.92 Å². The summed E-state index contributed by atoms with van der Waals surface area (Å²) in [6.07, 6.45) is 1.93. The van der Waals surface area contributed by atoms with Crippen LogP contribution >= 0.6 is 0 Å². The van der Waals surface area contributed by atoms with Crippen LogP contribution < -0.4 is 5.32 Å². The van der Waals surface area contributed by atoms with Gasteiger partial charge in [0.15, 0.2) is 0 Å². The SMILES string of the molecule is CCC(C)(CNC(=O)OCC1c2ccccc2-c2ccccc21)C(=O)N1CCCC[C@H]1C(=O)O. The Morgan fingerprint density at radius 2 is 1.68 bits per heavy atom. The number of hydrogen-bond donors (Lipinski definition) is 2. The number of rotatable bonds is 7. The molecule has 1 saturated heterocycles. The van der Waals surface area contributed by atoms with E-state index in [2.05, 4.69) is 29.6 Å². The van der Waals surface area contributed by atoms with Crippen LogP contribution in [-0.4, -0.2) is 53.7 Å². The van der Waals surface area contributed by atoms with E-state index in [1.165, 1.54) is 4.90 Å². The average Bonchev–Trinajstić information content (AvgIpc) is 3.19. The van der Waals surface area contributed by atoms with Crippen LogP contribution in [0.4, 0.5) is 4.79 Å². The van der Waals surface area contributed by atoms with Crippen LogP contribution in [0.5, 0.6) is 0 Å². The van der Waals surface area contributed by atoms with Gasteiger partial charge in [-0.25, -0.2) is 9.59 Å². The van der Waals surface area contributed by atoms with E-state index in [9.17, 15) is 19.5 Å². The first kappa shape index (κ1) is 23.8. The van der Waals surface area contributed by atoms with Crippen LogP contribution in [0.1, 0.15) is 56.6 Å². The summed E-state index contributed by atoms with van der Waals surface area (Å²) in [5, 5.41) is 12.3. The van der Waals surface area contributed by atoms with Crippen LogP contribution in [-0.2, 0) is 14.3 Å². The molecule has 1 aliphatic carbocycles. The highest BCUT2D eigenvalue weighted by atomic mass is 16.5. The van der Waals surface area contributed by atoms with Gasteiger partial charge in [0.25, 0.3) is 0 Å². The van der Waals surface area contributed by atoms with Crippen LogP contribution in [0, 0.1) is 5.41 Å². The van der Waals surface area contributed by atoms with Gasteiger partial charge in [0.05, 0.1) is 5.41 Å². The molecular formula is C27H32N2O5. The Bertz CT molecular complexity index is 1040. The van der Waals surface area contributed by atoms with Crippen molar-refractivity contribution in [1.82, 2.24) is 10.2 Å². The highest BCUT2D eigenvalue weighted by Crippen LogP contribution is 2.44. The number of fused-ring (bicyclic) bond motifs is 3. The first-order chi connectivity index (χ1) is 16.4. The average molecular weight is 465 g/mol. The first-order valence-corrected chi connectivity index (χ1v) is 12.0. The zero-order valence-electron chi connectivity index (χ0n) is 19.8. The number of carbonyl (C=O) groups is 3. The second-order valence-electron chi connectivity index (χ2n) is 9.44. The standard InChI is InChI=1S/C27H32N2O5/c1-3-27(2,25(32)29-15-9-8-14-23(29)24(30)31)17-28-26(33)34-16-22-20-12-6-4-10-18(20)19-11-5-7-13-21(19)22/h4-7,10-13,22-23H,3,8-9,14-17H2,1-2H3,(H,28,33)(H,30,31)/t23-,27?/m0/s1. The lowest BCUT2D eigenvalue weighted by molar-refractivity contribution is -0.156. The van der Waals surface area contributed by atoms with E-state index >= 15 is 0 Å². The van der Waals surface area contributed by atoms with Crippen LogP contribution in [0.25, 0.3) is 11.1 Å². The lowest BCUT2D eigenvalue weighted by Crippen LogP contribution is -2.55. The van der Waals surface area contributed by atoms with Crippen molar-refractivity contribution in [1.29, 1.82) is 0 Å². The minimum absolute atomic E-state index is 0.0398. The molecular weight excluding hydrogens is 432 g/mol. The number of ether oxygens (including phenoxy) is 1. The van der Waals surface area contributed by atoms with E-state index in [0.29, 0.717) is 19.4 Å². The number of carboxylic acids is 1. The fourth-order valence-electron chi connectivity index (χ4n) is 5.05. The Labute approximate surface area is 200 Å². The Morgan fingerprint density at radius 1 is 1.06 bits per heavy atom. The van der Waals surface area contributed by atoms with Crippen LogP contribution in [0.3, 0.4) is 0 Å². The monoisotopic (exact) mass is 464 g/mol. The van der Waals surface area contributed by atoms with Crippen LogP contribution in [0.15, 0.2) is 48.5 Å². The predicted molar refractivity (Wildman–Crippen MR) is 128 cm³/mol. The van der Waals surface area contributed by atoms with E-state index < -0.39 is 23.5 Å². The van der Waals surface area contributed by atoms with Crippen molar-refractivity contribution < 1.29 is 24.2 Å². The number of carboxylic acid groups (broad SMARTS) is 1. The summed E-state index contributed by atoms with van der Waals surface area (Å²) in [7, 11) is 0. The fourth-order valence-corrected chi connectivity index (χ4v) is 5.05. The third-order valence-electron chi connectivity index (χ3n) is 7.31. The summed E-state index contributed by atoms with van der Waals surface area (Å²) in [4.78, 5) is 39.0. The van der Waals surface area contributed by atoms with Gasteiger partial charge in [0, 0.05) is 19.0 Å². The Balaban J connectivity index is 1.39. The quantitative estimate of drug-likeness (QED) is 0.633.